The monoisotopic (exact) mass is 499 g/mol. The summed E-state index contributed by atoms with van der Waals surface area (Å²) < 4.78 is 41.6. The Balaban J connectivity index is 1.61. The molecular formula is C27H28F3N3OS. The lowest BCUT2D eigenvalue weighted by atomic mass is 9.93. The van der Waals surface area contributed by atoms with Crippen molar-refractivity contribution in [1.29, 1.82) is 0 Å². The summed E-state index contributed by atoms with van der Waals surface area (Å²) in [6.07, 6.45) is 0.330. The summed E-state index contributed by atoms with van der Waals surface area (Å²) >= 11 is 1.16. The van der Waals surface area contributed by atoms with Crippen LogP contribution in [0.2, 0.25) is 0 Å². The largest absolute Gasteiger partial charge is 0.416 e. The minimum Gasteiger partial charge on any atom is -0.371 e. The van der Waals surface area contributed by atoms with Gasteiger partial charge < -0.3 is 4.90 Å². The van der Waals surface area contributed by atoms with Gasteiger partial charge in [-0.1, -0.05) is 56.5 Å². The minimum atomic E-state index is -4.42. The molecule has 1 aliphatic rings. The number of thioether (sulfide) groups is 1. The predicted molar refractivity (Wildman–Crippen MR) is 136 cm³/mol. The highest BCUT2D eigenvalue weighted by molar-refractivity contribution is 8.17. The van der Waals surface area contributed by atoms with Gasteiger partial charge in [0.15, 0.2) is 5.12 Å². The first-order chi connectivity index (χ1) is 16.4. The summed E-state index contributed by atoms with van der Waals surface area (Å²) in [5, 5.41) is 5.25. The van der Waals surface area contributed by atoms with Crippen molar-refractivity contribution in [2.45, 2.75) is 39.9 Å². The predicted octanol–water partition coefficient (Wildman–Crippen LogP) is 6.97. The number of carbonyl (C=O) groups excluding carboxylic acids is 1. The van der Waals surface area contributed by atoms with E-state index in [1.54, 1.807) is 12.3 Å². The van der Waals surface area contributed by atoms with Crippen molar-refractivity contribution >= 4 is 33.9 Å². The van der Waals surface area contributed by atoms with Crippen LogP contribution in [0.15, 0.2) is 65.8 Å². The van der Waals surface area contributed by atoms with Gasteiger partial charge >= 0.3 is 6.18 Å². The SMILES string of the molecule is C=C(/C(=C/c1ccc2nn(Cc3ccccc3C(F)(F)F)cc2c1)SC(C)=O)N1CCC(C)(C)C1. The number of nitrogens with zero attached hydrogens (tertiary/aromatic N) is 3. The van der Waals surface area contributed by atoms with Crippen LogP contribution in [-0.4, -0.2) is 32.9 Å². The molecule has 0 N–H and O–H groups in total. The summed E-state index contributed by atoms with van der Waals surface area (Å²) in [4.78, 5) is 15.0. The molecule has 2 heterocycles. The van der Waals surface area contributed by atoms with Crippen LogP contribution in [0.3, 0.4) is 0 Å². The van der Waals surface area contributed by atoms with Crippen LogP contribution in [0.5, 0.6) is 0 Å². The number of alkyl halides is 3. The molecule has 184 valence electrons. The molecule has 35 heavy (non-hydrogen) atoms. The Morgan fingerprint density at radius 1 is 1.23 bits per heavy atom. The van der Waals surface area contributed by atoms with E-state index in [1.165, 1.54) is 23.7 Å². The molecule has 1 aromatic heterocycles. The van der Waals surface area contributed by atoms with Gasteiger partial charge in [0, 0.05) is 42.2 Å². The molecule has 0 bridgehead atoms. The van der Waals surface area contributed by atoms with Gasteiger partial charge in [-0.2, -0.15) is 18.3 Å². The van der Waals surface area contributed by atoms with Crippen LogP contribution in [0.25, 0.3) is 17.0 Å². The molecule has 4 rings (SSSR count). The fourth-order valence-electron chi connectivity index (χ4n) is 4.35. The zero-order valence-electron chi connectivity index (χ0n) is 20.0. The molecule has 0 spiro atoms. The van der Waals surface area contributed by atoms with Crippen LogP contribution in [0.1, 0.15) is 43.9 Å². The second-order valence-electron chi connectivity index (χ2n) is 9.68. The molecule has 1 fully saturated rings. The molecule has 1 aliphatic heterocycles. The molecule has 4 nitrogen and oxygen atoms in total. The zero-order chi connectivity index (χ0) is 25.4. The highest BCUT2D eigenvalue weighted by Crippen LogP contribution is 2.37. The quantitative estimate of drug-likeness (QED) is 0.343. The number of fused-ring (bicyclic) bond motifs is 1. The van der Waals surface area contributed by atoms with E-state index in [9.17, 15) is 18.0 Å². The van der Waals surface area contributed by atoms with E-state index in [1.807, 2.05) is 24.3 Å². The Labute approximate surface area is 207 Å². The van der Waals surface area contributed by atoms with Gasteiger partial charge in [-0.15, -0.1) is 0 Å². The van der Waals surface area contributed by atoms with Gasteiger partial charge in [0.05, 0.1) is 17.6 Å². The summed E-state index contributed by atoms with van der Waals surface area (Å²) in [6.45, 7) is 12.0. The van der Waals surface area contributed by atoms with Gasteiger partial charge in [0.2, 0.25) is 0 Å². The van der Waals surface area contributed by atoms with E-state index >= 15 is 0 Å². The first-order valence-electron chi connectivity index (χ1n) is 11.4. The topological polar surface area (TPSA) is 38.1 Å². The van der Waals surface area contributed by atoms with E-state index in [4.69, 9.17) is 0 Å². The molecule has 1 saturated heterocycles. The van der Waals surface area contributed by atoms with Crippen LogP contribution in [-0.2, 0) is 17.5 Å². The molecule has 8 heteroatoms. The lowest BCUT2D eigenvalue weighted by molar-refractivity contribution is -0.138. The highest BCUT2D eigenvalue weighted by Gasteiger charge is 2.33. The highest BCUT2D eigenvalue weighted by atomic mass is 32.2. The maximum Gasteiger partial charge on any atom is 0.416 e. The van der Waals surface area contributed by atoms with Crippen molar-refractivity contribution in [3.8, 4) is 0 Å². The van der Waals surface area contributed by atoms with Crippen LogP contribution < -0.4 is 0 Å². The van der Waals surface area contributed by atoms with Gasteiger partial charge in [-0.05, 0) is 47.2 Å². The molecule has 0 radical (unpaired) electrons. The number of likely N-dealkylation sites (tertiary alicyclic amines) is 1. The first-order valence-corrected chi connectivity index (χ1v) is 12.2. The van der Waals surface area contributed by atoms with Crippen molar-refractivity contribution in [3.63, 3.8) is 0 Å². The molecule has 0 saturated carbocycles. The first kappa shape index (κ1) is 25.1. The molecule has 0 unspecified atom stereocenters. The van der Waals surface area contributed by atoms with Crippen molar-refractivity contribution in [2.24, 2.45) is 5.41 Å². The van der Waals surface area contributed by atoms with E-state index in [-0.39, 0.29) is 22.6 Å². The number of benzene rings is 2. The smallest absolute Gasteiger partial charge is 0.371 e. The zero-order valence-corrected chi connectivity index (χ0v) is 20.8. The van der Waals surface area contributed by atoms with Crippen molar-refractivity contribution in [2.75, 3.05) is 13.1 Å². The molecule has 2 aromatic carbocycles. The molecule has 3 aromatic rings. The van der Waals surface area contributed by atoms with Crippen LogP contribution in [0, 0.1) is 5.41 Å². The van der Waals surface area contributed by atoms with Gasteiger partial charge in [0.1, 0.15) is 0 Å². The van der Waals surface area contributed by atoms with Crippen LogP contribution >= 0.6 is 11.8 Å². The minimum absolute atomic E-state index is 0.0164. The fraction of sp³-hybridized carbons (Fsp3) is 0.333. The maximum atomic E-state index is 13.4. The average Bonchev–Trinajstić information content (AvgIpc) is 3.33. The number of hydrogen-bond acceptors (Lipinski definition) is 4. The summed E-state index contributed by atoms with van der Waals surface area (Å²) in [5.41, 5.74) is 2.10. The van der Waals surface area contributed by atoms with Crippen molar-refractivity contribution < 1.29 is 18.0 Å². The van der Waals surface area contributed by atoms with Gasteiger partial charge in [0.25, 0.3) is 0 Å². The van der Waals surface area contributed by atoms with E-state index in [0.717, 1.165) is 58.9 Å². The number of aromatic nitrogens is 2. The second kappa shape index (κ2) is 9.57. The van der Waals surface area contributed by atoms with Crippen LogP contribution in [0.4, 0.5) is 13.2 Å². The average molecular weight is 500 g/mol. The Bertz CT molecular complexity index is 1310. The summed E-state index contributed by atoms with van der Waals surface area (Å²) in [7, 11) is 0. The normalized spacial score (nSPS) is 16.2. The summed E-state index contributed by atoms with van der Waals surface area (Å²) in [6, 6.07) is 11.2. The molecule has 0 aliphatic carbocycles. The third kappa shape index (κ3) is 5.99. The Hall–Kier alpha value is -3.00. The Morgan fingerprint density at radius 2 is 1.97 bits per heavy atom. The Morgan fingerprint density at radius 3 is 2.63 bits per heavy atom. The third-order valence-electron chi connectivity index (χ3n) is 6.13. The molecule has 0 atom stereocenters. The molecule has 0 amide bonds. The number of carbonyl (C=O) groups is 1. The second-order valence-corrected chi connectivity index (χ2v) is 10.9. The van der Waals surface area contributed by atoms with E-state index < -0.39 is 11.7 Å². The van der Waals surface area contributed by atoms with Gasteiger partial charge in [-0.3, -0.25) is 9.48 Å². The Kier molecular flexibility index (Phi) is 6.86. The van der Waals surface area contributed by atoms with E-state index in [0.29, 0.717) is 5.52 Å². The number of hydrogen-bond donors (Lipinski definition) is 0. The third-order valence-corrected chi connectivity index (χ3v) is 6.99. The molecular weight excluding hydrogens is 471 g/mol. The maximum absolute atomic E-state index is 13.4. The van der Waals surface area contributed by atoms with Gasteiger partial charge in [-0.25, -0.2) is 0 Å². The van der Waals surface area contributed by atoms with Crippen molar-refractivity contribution in [3.05, 3.63) is 82.5 Å². The lowest BCUT2D eigenvalue weighted by Gasteiger charge is -2.24. The fourth-order valence-corrected chi connectivity index (χ4v) is 5.10. The summed E-state index contributed by atoms with van der Waals surface area (Å²) in [5.74, 6) is 0. The van der Waals surface area contributed by atoms with E-state index in [2.05, 4.69) is 30.4 Å². The number of halogens is 3. The number of rotatable bonds is 6. The standard InChI is InChI=1S/C27H28F3N3OS/c1-18(32-12-11-26(3,4)17-32)25(35-19(2)34)14-20-9-10-24-22(13-20)16-33(31-24)15-21-7-5-6-8-23(21)27(28,29)30/h5-10,13-14,16H,1,11-12,15,17H2,2-4H3/b25-14-. The lowest BCUT2D eigenvalue weighted by Crippen LogP contribution is -2.23. The van der Waals surface area contributed by atoms with Crippen molar-refractivity contribution in [1.82, 2.24) is 14.7 Å².